The Balaban J connectivity index is 1.76. The molecular weight excluding hydrogens is 302 g/mol. The molecule has 1 fully saturated rings. The van der Waals surface area contributed by atoms with Crippen LogP contribution in [0.1, 0.15) is 44.5 Å². The molecular formula is C15H21N3O3S. The molecule has 1 aliphatic rings. The van der Waals surface area contributed by atoms with Crippen LogP contribution in [0.4, 0.5) is 4.79 Å². The van der Waals surface area contributed by atoms with Gasteiger partial charge in [-0.25, -0.2) is 4.79 Å². The monoisotopic (exact) mass is 323 g/mol. The van der Waals surface area contributed by atoms with Crippen molar-refractivity contribution in [1.82, 2.24) is 15.5 Å². The first-order valence-corrected chi connectivity index (χ1v) is 8.16. The van der Waals surface area contributed by atoms with Crippen molar-refractivity contribution < 1.29 is 14.4 Å². The first kappa shape index (κ1) is 16.5. The molecule has 1 saturated heterocycles. The summed E-state index contributed by atoms with van der Waals surface area (Å²) in [6.45, 7) is 5.53. The quantitative estimate of drug-likeness (QED) is 0.786. The topological polar surface area (TPSA) is 78.5 Å². The van der Waals surface area contributed by atoms with E-state index in [4.69, 9.17) is 0 Å². The summed E-state index contributed by atoms with van der Waals surface area (Å²) in [7, 11) is 0. The van der Waals surface area contributed by atoms with Gasteiger partial charge >= 0.3 is 6.03 Å². The molecule has 1 atom stereocenters. The summed E-state index contributed by atoms with van der Waals surface area (Å²) < 4.78 is 0. The highest BCUT2D eigenvalue weighted by Gasteiger charge is 2.43. The van der Waals surface area contributed by atoms with Gasteiger partial charge < -0.3 is 10.6 Å². The van der Waals surface area contributed by atoms with Gasteiger partial charge in [-0.15, -0.1) is 11.3 Å². The van der Waals surface area contributed by atoms with E-state index in [1.165, 1.54) is 4.90 Å². The molecule has 1 unspecified atom stereocenters. The van der Waals surface area contributed by atoms with Crippen molar-refractivity contribution in [2.24, 2.45) is 0 Å². The Labute approximate surface area is 133 Å². The highest BCUT2D eigenvalue weighted by molar-refractivity contribution is 7.10. The normalized spacial score (nSPS) is 18.2. The number of carbonyl (C=O) groups is 3. The predicted molar refractivity (Wildman–Crippen MR) is 84.4 cm³/mol. The number of rotatable bonds is 6. The fraction of sp³-hybridized carbons (Fsp3) is 0.533. The van der Waals surface area contributed by atoms with Gasteiger partial charge in [0.25, 0.3) is 5.91 Å². The molecule has 0 spiro atoms. The number of amides is 4. The number of nitrogens with one attached hydrogen (secondary N) is 2. The third-order valence-corrected chi connectivity index (χ3v) is 4.63. The van der Waals surface area contributed by atoms with Gasteiger partial charge in [0.05, 0.1) is 6.04 Å². The second-order valence-electron chi connectivity index (χ2n) is 5.92. The molecule has 120 valence electrons. The fourth-order valence-electron chi connectivity index (χ4n) is 2.34. The molecule has 0 aromatic carbocycles. The minimum absolute atomic E-state index is 0.0249. The SMILES string of the molecule is CC(NC(=O)CCCN1C(=O)NC(C)(C)C1=O)c1cccs1. The molecule has 1 aromatic heterocycles. The van der Waals surface area contributed by atoms with Gasteiger partial charge in [0, 0.05) is 17.8 Å². The van der Waals surface area contributed by atoms with E-state index in [1.807, 2.05) is 24.4 Å². The lowest BCUT2D eigenvalue weighted by atomic mass is 10.1. The Morgan fingerprint density at radius 3 is 2.73 bits per heavy atom. The molecule has 0 bridgehead atoms. The van der Waals surface area contributed by atoms with Crippen LogP contribution in [0.2, 0.25) is 0 Å². The molecule has 7 heteroatoms. The Hall–Kier alpha value is -1.89. The second-order valence-corrected chi connectivity index (χ2v) is 6.90. The highest BCUT2D eigenvalue weighted by Crippen LogP contribution is 2.19. The summed E-state index contributed by atoms with van der Waals surface area (Å²) >= 11 is 1.60. The summed E-state index contributed by atoms with van der Waals surface area (Å²) in [4.78, 5) is 37.9. The molecule has 0 saturated carbocycles. The van der Waals surface area contributed by atoms with Crippen molar-refractivity contribution >= 4 is 29.2 Å². The molecule has 6 nitrogen and oxygen atoms in total. The zero-order valence-electron chi connectivity index (χ0n) is 13.0. The van der Waals surface area contributed by atoms with Gasteiger partial charge in [-0.1, -0.05) is 6.07 Å². The van der Waals surface area contributed by atoms with Crippen molar-refractivity contribution in [2.45, 2.75) is 45.2 Å². The maximum atomic E-state index is 12.0. The van der Waals surface area contributed by atoms with Crippen LogP contribution in [0.3, 0.4) is 0 Å². The van der Waals surface area contributed by atoms with Crippen molar-refractivity contribution in [3.63, 3.8) is 0 Å². The average molecular weight is 323 g/mol. The fourth-order valence-corrected chi connectivity index (χ4v) is 3.08. The Bertz CT molecular complexity index is 569. The van der Waals surface area contributed by atoms with Crippen LogP contribution in [0, 0.1) is 0 Å². The Morgan fingerprint density at radius 2 is 2.18 bits per heavy atom. The van der Waals surface area contributed by atoms with Gasteiger partial charge in [0.1, 0.15) is 5.54 Å². The number of imide groups is 1. The number of nitrogens with zero attached hydrogens (tertiary/aromatic N) is 1. The van der Waals surface area contributed by atoms with Crippen molar-refractivity contribution in [2.75, 3.05) is 6.54 Å². The van der Waals surface area contributed by atoms with Crippen LogP contribution in [0.25, 0.3) is 0 Å². The molecule has 0 radical (unpaired) electrons. The zero-order valence-corrected chi connectivity index (χ0v) is 13.8. The lowest BCUT2D eigenvalue weighted by molar-refractivity contribution is -0.130. The minimum atomic E-state index is -0.854. The van der Waals surface area contributed by atoms with E-state index >= 15 is 0 Å². The first-order valence-electron chi connectivity index (χ1n) is 7.28. The van der Waals surface area contributed by atoms with Gasteiger partial charge in [-0.2, -0.15) is 0 Å². The van der Waals surface area contributed by atoms with Crippen molar-refractivity contribution in [1.29, 1.82) is 0 Å². The van der Waals surface area contributed by atoms with Gasteiger partial charge in [0.15, 0.2) is 0 Å². The van der Waals surface area contributed by atoms with Crippen molar-refractivity contribution in [3.8, 4) is 0 Å². The van der Waals surface area contributed by atoms with Gasteiger partial charge in [-0.05, 0) is 38.6 Å². The summed E-state index contributed by atoms with van der Waals surface area (Å²) in [5.74, 6) is -0.322. The molecule has 2 heterocycles. The minimum Gasteiger partial charge on any atom is -0.349 e. The van der Waals surface area contributed by atoms with Crippen LogP contribution in [-0.2, 0) is 9.59 Å². The van der Waals surface area contributed by atoms with Crippen LogP contribution in [-0.4, -0.2) is 34.8 Å². The lowest BCUT2D eigenvalue weighted by Crippen LogP contribution is -2.40. The largest absolute Gasteiger partial charge is 0.349 e. The number of hydrogen-bond donors (Lipinski definition) is 2. The van der Waals surface area contributed by atoms with E-state index in [0.717, 1.165) is 4.88 Å². The molecule has 4 amide bonds. The van der Waals surface area contributed by atoms with Gasteiger partial charge in [0.2, 0.25) is 5.91 Å². The second kappa shape index (κ2) is 6.48. The highest BCUT2D eigenvalue weighted by atomic mass is 32.1. The van der Waals surface area contributed by atoms with E-state index < -0.39 is 5.54 Å². The number of urea groups is 1. The molecule has 1 aromatic rings. The Morgan fingerprint density at radius 1 is 1.45 bits per heavy atom. The van der Waals surface area contributed by atoms with Crippen molar-refractivity contribution in [3.05, 3.63) is 22.4 Å². The van der Waals surface area contributed by atoms with E-state index in [9.17, 15) is 14.4 Å². The van der Waals surface area contributed by atoms with E-state index in [1.54, 1.807) is 25.2 Å². The van der Waals surface area contributed by atoms with Crippen LogP contribution in [0.5, 0.6) is 0 Å². The van der Waals surface area contributed by atoms with Crippen LogP contribution >= 0.6 is 11.3 Å². The number of thiophene rings is 1. The standard InChI is InChI=1S/C15H21N3O3S/c1-10(11-6-5-9-22-11)16-12(19)7-4-8-18-13(20)15(2,3)17-14(18)21/h5-6,9-10H,4,7-8H2,1-3H3,(H,16,19)(H,17,21). The Kier molecular flexibility index (Phi) is 4.85. The summed E-state index contributed by atoms with van der Waals surface area (Å²) in [5.41, 5.74) is -0.854. The average Bonchev–Trinajstić information content (AvgIpc) is 3.01. The summed E-state index contributed by atoms with van der Waals surface area (Å²) in [5, 5.41) is 7.50. The van der Waals surface area contributed by atoms with Gasteiger partial charge in [-0.3, -0.25) is 14.5 Å². The summed E-state index contributed by atoms with van der Waals surface area (Å²) in [6.07, 6.45) is 0.742. The molecule has 2 rings (SSSR count). The van der Waals surface area contributed by atoms with E-state index in [0.29, 0.717) is 6.42 Å². The lowest BCUT2D eigenvalue weighted by Gasteiger charge is -2.16. The third-order valence-electron chi connectivity index (χ3n) is 3.58. The maximum Gasteiger partial charge on any atom is 0.325 e. The van der Waals surface area contributed by atoms with E-state index in [-0.39, 0.29) is 36.9 Å². The molecule has 22 heavy (non-hydrogen) atoms. The van der Waals surface area contributed by atoms with Crippen LogP contribution in [0.15, 0.2) is 17.5 Å². The van der Waals surface area contributed by atoms with E-state index in [2.05, 4.69) is 10.6 Å². The molecule has 2 N–H and O–H groups in total. The molecule has 0 aliphatic carbocycles. The number of carbonyl (C=O) groups excluding carboxylic acids is 3. The number of hydrogen-bond acceptors (Lipinski definition) is 4. The third kappa shape index (κ3) is 3.65. The van der Waals surface area contributed by atoms with Crippen LogP contribution < -0.4 is 10.6 Å². The first-order chi connectivity index (χ1) is 10.3. The predicted octanol–water partition coefficient (Wildman–Crippen LogP) is 2.04. The zero-order chi connectivity index (χ0) is 16.3. The summed E-state index contributed by atoms with van der Waals surface area (Å²) in [6, 6.07) is 3.51. The molecule has 1 aliphatic heterocycles. The smallest absolute Gasteiger partial charge is 0.325 e. The maximum absolute atomic E-state index is 12.0.